The molecule has 0 spiro atoms. The predicted octanol–water partition coefficient (Wildman–Crippen LogP) is 4.34. The standard InChI is InChI=1S/C17H13Cl2FN4O2S/c18-12-4-2-1-3-11(12)9-22-15-8-14(20)16(7-13(15)19)27(25,26)24-17-5-6-21-10-23-17/h1-8,10,22H,9H2,(H,21,23,24). The molecule has 27 heavy (non-hydrogen) atoms. The second-order valence-corrected chi connectivity index (χ2v) is 7.87. The van der Waals surface area contributed by atoms with Gasteiger partial charge in [0.05, 0.1) is 10.7 Å². The average molecular weight is 427 g/mol. The van der Waals surface area contributed by atoms with E-state index in [0.717, 1.165) is 17.7 Å². The Balaban J connectivity index is 1.83. The number of nitrogens with zero attached hydrogens (tertiary/aromatic N) is 2. The summed E-state index contributed by atoms with van der Waals surface area (Å²) in [6.45, 7) is 0.296. The maximum absolute atomic E-state index is 14.5. The van der Waals surface area contributed by atoms with Crippen molar-refractivity contribution in [3.05, 3.63) is 76.4 Å². The summed E-state index contributed by atoms with van der Waals surface area (Å²) in [4.78, 5) is 6.84. The lowest BCUT2D eigenvalue weighted by Gasteiger charge is -2.13. The molecule has 1 aromatic heterocycles. The Morgan fingerprint density at radius 2 is 1.85 bits per heavy atom. The molecule has 140 valence electrons. The van der Waals surface area contributed by atoms with Crippen LogP contribution in [-0.2, 0) is 16.6 Å². The molecule has 6 nitrogen and oxygen atoms in total. The summed E-state index contributed by atoms with van der Waals surface area (Å²) >= 11 is 12.2. The second kappa shape index (κ2) is 8.08. The molecule has 2 aromatic carbocycles. The SMILES string of the molecule is O=S(=O)(Nc1ccncn1)c1cc(Cl)c(NCc2ccccc2Cl)cc1F. The van der Waals surface area contributed by atoms with E-state index in [1.165, 1.54) is 18.6 Å². The average Bonchev–Trinajstić information content (AvgIpc) is 2.63. The number of benzene rings is 2. The van der Waals surface area contributed by atoms with Crippen molar-refractivity contribution in [1.29, 1.82) is 0 Å². The van der Waals surface area contributed by atoms with E-state index in [1.807, 2.05) is 12.1 Å². The maximum Gasteiger partial charge on any atom is 0.266 e. The van der Waals surface area contributed by atoms with Crippen molar-refractivity contribution in [1.82, 2.24) is 9.97 Å². The van der Waals surface area contributed by atoms with Gasteiger partial charge in [-0.25, -0.2) is 22.8 Å². The van der Waals surface area contributed by atoms with Crippen molar-refractivity contribution in [3.63, 3.8) is 0 Å². The highest BCUT2D eigenvalue weighted by Gasteiger charge is 2.22. The molecule has 0 saturated carbocycles. The Hall–Kier alpha value is -2.42. The van der Waals surface area contributed by atoms with Crippen LogP contribution in [-0.4, -0.2) is 18.4 Å². The quantitative estimate of drug-likeness (QED) is 0.612. The summed E-state index contributed by atoms with van der Waals surface area (Å²) in [5, 5.41) is 3.55. The van der Waals surface area contributed by atoms with E-state index in [-0.39, 0.29) is 16.5 Å². The zero-order chi connectivity index (χ0) is 19.4. The van der Waals surface area contributed by atoms with E-state index in [1.54, 1.807) is 12.1 Å². The fourth-order valence-corrected chi connectivity index (χ4v) is 3.84. The van der Waals surface area contributed by atoms with Crippen molar-refractivity contribution in [3.8, 4) is 0 Å². The third kappa shape index (κ3) is 4.65. The first-order valence-corrected chi connectivity index (χ1v) is 9.86. The van der Waals surface area contributed by atoms with Gasteiger partial charge in [-0.15, -0.1) is 0 Å². The lowest BCUT2D eigenvalue weighted by atomic mass is 10.2. The normalized spacial score (nSPS) is 11.2. The third-order valence-electron chi connectivity index (χ3n) is 3.56. The van der Waals surface area contributed by atoms with Crippen LogP contribution in [0.15, 0.2) is 59.9 Å². The number of aromatic nitrogens is 2. The molecule has 1 heterocycles. The molecule has 3 rings (SSSR count). The van der Waals surface area contributed by atoms with Gasteiger partial charge >= 0.3 is 0 Å². The molecular formula is C17H13Cl2FN4O2S. The predicted molar refractivity (Wildman–Crippen MR) is 103 cm³/mol. The number of rotatable bonds is 6. The van der Waals surface area contributed by atoms with Crippen molar-refractivity contribution in [2.45, 2.75) is 11.4 Å². The van der Waals surface area contributed by atoms with Gasteiger partial charge in [0.1, 0.15) is 22.9 Å². The minimum atomic E-state index is -4.21. The third-order valence-corrected chi connectivity index (χ3v) is 5.61. The number of hydrogen-bond donors (Lipinski definition) is 2. The van der Waals surface area contributed by atoms with Gasteiger partial charge in [0.2, 0.25) is 0 Å². The zero-order valence-electron chi connectivity index (χ0n) is 13.7. The van der Waals surface area contributed by atoms with Crippen molar-refractivity contribution in [2.75, 3.05) is 10.0 Å². The summed E-state index contributed by atoms with van der Waals surface area (Å²) in [5.41, 5.74) is 1.04. The molecule has 0 unspecified atom stereocenters. The summed E-state index contributed by atoms with van der Waals surface area (Å²) in [5.74, 6) is -0.941. The van der Waals surface area contributed by atoms with Crippen molar-refractivity contribution < 1.29 is 12.8 Å². The van der Waals surface area contributed by atoms with Gasteiger partial charge in [-0.1, -0.05) is 41.4 Å². The summed E-state index contributed by atoms with van der Waals surface area (Å²) in [6, 6.07) is 10.6. The van der Waals surface area contributed by atoms with Gasteiger partial charge in [0, 0.05) is 17.8 Å². The maximum atomic E-state index is 14.5. The highest BCUT2D eigenvalue weighted by atomic mass is 35.5. The molecule has 0 amide bonds. The molecule has 0 fully saturated rings. The van der Waals surface area contributed by atoms with Crippen molar-refractivity contribution in [2.24, 2.45) is 0 Å². The lowest BCUT2D eigenvalue weighted by Crippen LogP contribution is -2.16. The number of anilines is 2. The molecule has 0 aliphatic rings. The monoisotopic (exact) mass is 426 g/mol. The highest BCUT2D eigenvalue weighted by Crippen LogP contribution is 2.29. The molecular weight excluding hydrogens is 414 g/mol. The van der Waals surface area contributed by atoms with Gasteiger partial charge in [-0.2, -0.15) is 0 Å². The van der Waals surface area contributed by atoms with Gasteiger partial charge in [0.25, 0.3) is 10.0 Å². The Bertz CT molecular complexity index is 1070. The number of sulfonamides is 1. The summed E-state index contributed by atoms with van der Waals surface area (Å²) in [6.07, 6.45) is 2.53. The molecule has 0 atom stereocenters. The molecule has 0 aliphatic carbocycles. The van der Waals surface area contributed by atoms with Crippen LogP contribution in [0.1, 0.15) is 5.56 Å². The minimum absolute atomic E-state index is 0.0152. The van der Waals surface area contributed by atoms with Crippen LogP contribution < -0.4 is 10.0 Å². The van der Waals surface area contributed by atoms with Crippen LogP contribution in [0, 0.1) is 5.82 Å². The molecule has 0 bridgehead atoms. The fraction of sp³-hybridized carbons (Fsp3) is 0.0588. The van der Waals surface area contributed by atoms with Gasteiger partial charge in [-0.05, 0) is 29.8 Å². The Labute approximate surface area is 165 Å². The number of hydrogen-bond acceptors (Lipinski definition) is 5. The Kier molecular flexibility index (Phi) is 5.79. The zero-order valence-corrected chi connectivity index (χ0v) is 16.0. The van der Waals surface area contributed by atoms with Crippen LogP contribution in [0.5, 0.6) is 0 Å². The van der Waals surface area contributed by atoms with E-state index in [2.05, 4.69) is 20.0 Å². The molecule has 0 radical (unpaired) electrons. The van der Waals surface area contributed by atoms with E-state index >= 15 is 0 Å². The van der Waals surface area contributed by atoms with E-state index in [0.29, 0.717) is 11.6 Å². The second-order valence-electron chi connectivity index (χ2n) is 5.41. The van der Waals surface area contributed by atoms with E-state index < -0.39 is 20.7 Å². The van der Waals surface area contributed by atoms with Crippen LogP contribution in [0.4, 0.5) is 15.9 Å². The first-order valence-electron chi connectivity index (χ1n) is 7.62. The van der Waals surface area contributed by atoms with Crippen LogP contribution >= 0.6 is 23.2 Å². The van der Waals surface area contributed by atoms with Crippen LogP contribution in [0.2, 0.25) is 10.0 Å². The first kappa shape index (κ1) is 19.3. The molecule has 0 saturated heterocycles. The molecule has 0 aliphatic heterocycles. The van der Waals surface area contributed by atoms with Gasteiger partial charge < -0.3 is 5.32 Å². The number of nitrogens with one attached hydrogen (secondary N) is 2. The Morgan fingerprint density at radius 3 is 2.56 bits per heavy atom. The first-order chi connectivity index (χ1) is 12.9. The van der Waals surface area contributed by atoms with Crippen LogP contribution in [0.3, 0.4) is 0 Å². The minimum Gasteiger partial charge on any atom is -0.380 e. The summed E-state index contributed by atoms with van der Waals surface area (Å²) in [7, 11) is -4.21. The molecule has 2 N–H and O–H groups in total. The fourth-order valence-electron chi connectivity index (χ4n) is 2.25. The smallest absolute Gasteiger partial charge is 0.266 e. The van der Waals surface area contributed by atoms with Gasteiger partial charge in [-0.3, -0.25) is 4.72 Å². The van der Waals surface area contributed by atoms with E-state index in [4.69, 9.17) is 23.2 Å². The topological polar surface area (TPSA) is 84.0 Å². The van der Waals surface area contributed by atoms with E-state index in [9.17, 15) is 12.8 Å². The van der Waals surface area contributed by atoms with Gasteiger partial charge in [0.15, 0.2) is 0 Å². The lowest BCUT2D eigenvalue weighted by molar-refractivity contribution is 0.570. The summed E-state index contributed by atoms with van der Waals surface area (Å²) < 4.78 is 41.4. The molecule has 10 heteroatoms. The largest absolute Gasteiger partial charge is 0.380 e. The Morgan fingerprint density at radius 1 is 1.07 bits per heavy atom. The number of halogens is 3. The highest BCUT2D eigenvalue weighted by molar-refractivity contribution is 7.92. The van der Waals surface area contributed by atoms with Crippen LogP contribution in [0.25, 0.3) is 0 Å². The molecule has 3 aromatic rings. The van der Waals surface area contributed by atoms with Crippen molar-refractivity contribution >= 4 is 44.7 Å².